The van der Waals surface area contributed by atoms with Crippen molar-refractivity contribution in [2.45, 2.75) is 39.5 Å². The molecule has 0 aliphatic rings. The highest BCUT2D eigenvalue weighted by Gasteiger charge is 2.16. The fourth-order valence-electron chi connectivity index (χ4n) is 2.33. The minimum atomic E-state index is -0.303. The smallest absolute Gasteiger partial charge is 0.266 e. The van der Waals surface area contributed by atoms with Crippen LogP contribution in [0, 0.1) is 0 Å². The van der Waals surface area contributed by atoms with Crippen LogP contribution in [0.3, 0.4) is 0 Å². The molecule has 8 nitrogen and oxygen atoms in total. The molecule has 142 valence electrons. The number of thiophene rings is 1. The molecule has 0 radical (unpaired) electrons. The zero-order valence-corrected chi connectivity index (χ0v) is 16.4. The number of aromatic amines is 2. The molecule has 0 spiro atoms. The molecule has 0 aromatic carbocycles. The van der Waals surface area contributed by atoms with Gasteiger partial charge in [0.05, 0.1) is 9.75 Å². The van der Waals surface area contributed by atoms with Crippen molar-refractivity contribution in [1.82, 2.24) is 20.4 Å². The predicted molar refractivity (Wildman–Crippen MR) is 106 cm³/mol. The molecule has 0 bridgehead atoms. The maximum atomic E-state index is 12.4. The van der Waals surface area contributed by atoms with Crippen LogP contribution in [0.5, 0.6) is 0 Å². The van der Waals surface area contributed by atoms with Crippen molar-refractivity contribution in [2.24, 2.45) is 0 Å². The highest BCUT2D eigenvalue weighted by molar-refractivity contribution is 7.16. The highest BCUT2D eigenvalue weighted by Crippen LogP contribution is 2.21. The lowest BCUT2D eigenvalue weighted by molar-refractivity contribution is 0.102. The summed E-state index contributed by atoms with van der Waals surface area (Å²) in [5, 5.41) is 19.4. The fourth-order valence-corrected chi connectivity index (χ4v) is 3.13. The van der Waals surface area contributed by atoms with E-state index in [9.17, 15) is 9.59 Å². The molecule has 2 amide bonds. The van der Waals surface area contributed by atoms with Gasteiger partial charge < -0.3 is 10.6 Å². The molecular weight excluding hydrogens is 364 g/mol. The molecule has 27 heavy (non-hydrogen) atoms. The van der Waals surface area contributed by atoms with Gasteiger partial charge in [0, 0.05) is 23.5 Å². The summed E-state index contributed by atoms with van der Waals surface area (Å²) in [6.07, 6.45) is 0. The molecule has 0 saturated heterocycles. The summed E-state index contributed by atoms with van der Waals surface area (Å²) in [7, 11) is 0. The van der Waals surface area contributed by atoms with Crippen molar-refractivity contribution in [3.63, 3.8) is 0 Å². The van der Waals surface area contributed by atoms with Gasteiger partial charge in [-0.25, -0.2) is 0 Å². The number of nitrogens with zero attached hydrogens (tertiary/aromatic N) is 2. The van der Waals surface area contributed by atoms with Crippen molar-refractivity contribution in [1.29, 1.82) is 0 Å². The van der Waals surface area contributed by atoms with Crippen molar-refractivity contribution >= 4 is 34.8 Å². The summed E-state index contributed by atoms with van der Waals surface area (Å²) in [4.78, 5) is 25.6. The summed E-state index contributed by atoms with van der Waals surface area (Å²) in [5.41, 5.74) is 1.88. The van der Waals surface area contributed by atoms with Crippen LogP contribution in [0.15, 0.2) is 24.3 Å². The van der Waals surface area contributed by atoms with E-state index in [4.69, 9.17) is 0 Å². The number of aromatic nitrogens is 4. The zero-order chi connectivity index (χ0) is 19.6. The number of carbonyl (C=O) groups is 2. The molecule has 3 rings (SSSR count). The molecule has 3 aromatic rings. The summed E-state index contributed by atoms with van der Waals surface area (Å²) in [6, 6.07) is 6.84. The van der Waals surface area contributed by atoms with Crippen molar-refractivity contribution < 1.29 is 9.59 Å². The molecule has 0 saturated carbocycles. The third-order valence-corrected chi connectivity index (χ3v) is 5.06. The Hall–Kier alpha value is -2.94. The van der Waals surface area contributed by atoms with Gasteiger partial charge in [0.25, 0.3) is 11.8 Å². The molecule has 0 atom stereocenters. The Bertz CT molecular complexity index is 878. The third kappa shape index (κ3) is 4.43. The minimum absolute atomic E-state index is 0.290. The molecule has 0 unspecified atom stereocenters. The number of amides is 2. The van der Waals surface area contributed by atoms with Gasteiger partial charge >= 0.3 is 0 Å². The summed E-state index contributed by atoms with van der Waals surface area (Å²) in [5.74, 6) is 0.893. The second kappa shape index (κ2) is 7.75. The first-order chi connectivity index (χ1) is 12.8. The topological polar surface area (TPSA) is 116 Å². The van der Waals surface area contributed by atoms with E-state index < -0.39 is 0 Å². The number of hydrogen-bond acceptors (Lipinski definition) is 5. The maximum Gasteiger partial charge on any atom is 0.266 e. The molecular formula is C18H22N6O2S. The minimum Gasteiger partial charge on any atom is -0.304 e. The fraction of sp³-hybridized carbons (Fsp3) is 0.333. The molecule has 3 heterocycles. The van der Waals surface area contributed by atoms with E-state index in [1.165, 1.54) is 0 Å². The van der Waals surface area contributed by atoms with Crippen LogP contribution < -0.4 is 10.6 Å². The number of carbonyl (C=O) groups excluding carboxylic acids is 2. The van der Waals surface area contributed by atoms with Gasteiger partial charge in [0.2, 0.25) is 0 Å². The number of anilines is 2. The third-order valence-electron chi connectivity index (χ3n) is 3.98. The SMILES string of the molecule is CC(C)c1cc(NC(=O)c2ccc(C(=O)Nc3cc(C(C)C)[nH]n3)s2)n[nH]1. The van der Waals surface area contributed by atoms with E-state index in [-0.39, 0.29) is 11.8 Å². The van der Waals surface area contributed by atoms with E-state index in [0.717, 1.165) is 22.7 Å². The summed E-state index contributed by atoms with van der Waals surface area (Å²) in [6.45, 7) is 8.14. The van der Waals surface area contributed by atoms with E-state index in [1.54, 1.807) is 24.3 Å². The summed E-state index contributed by atoms with van der Waals surface area (Å²) < 4.78 is 0. The second-order valence-electron chi connectivity index (χ2n) is 6.80. The van der Waals surface area contributed by atoms with Crippen LogP contribution in [-0.4, -0.2) is 32.2 Å². The molecule has 4 N–H and O–H groups in total. The van der Waals surface area contributed by atoms with Crippen molar-refractivity contribution in [2.75, 3.05) is 10.6 Å². The van der Waals surface area contributed by atoms with E-state index in [2.05, 4.69) is 31.0 Å². The Labute approximate surface area is 160 Å². The second-order valence-corrected chi connectivity index (χ2v) is 7.88. The molecule has 9 heteroatoms. The van der Waals surface area contributed by atoms with Crippen LogP contribution in [0.25, 0.3) is 0 Å². The number of rotatable bonds is 6. The normalized spacial score (nSPS) is 11.2. The Morgan fingerprint density at radius 3 is 1.59 bits per heavy atom. The number of H-pyrrole nitrogens is 2. The number of hydrogen-bond donors (Lipinski definition) is 4. The van der Waals surface area contributed by atoms with Crippen molar-refractivity contribution in [3.05, 3.63) is 45.4 Å². The van der Waals surface area contributed by atoms with Crippen LogP contribution in [-0.2, 0) is 0 Å². The average molecular weight is 386 g/mol. The maximum absolute atomic E-state index is 12.4. The Morgan fingerprint density at radius 2 is 1.26 bits per heavy atom. The number of nitrogens with one attached hydrogen (secondary N) is 4. The van der Waals surface area contributed by atoms with E-state index >= 15 is 0 Å². The van der Waals surface area contributed by atoms with Gasteiger partial charge in [-0.15, -0.1) is 11.3 Å². The van der Waals surface area contributed by atoms with Crippen molar-refractivity contribution in [3.8, 4) is 0 Å². The molecule has 0 fully saturated rings. The van der Waals surface area contributed by atoms with E-state index in [0.29, 0.717) is 33.2 Å². The Kier molecular flexibility index (Phi) is 5.41. The molecule has 0 aliphatic carbocycles. The first-order valence-corrected chi connectivity index (χ1v) is 9.48. The Balaban J connectivity index is 1.64. The van der Waals surface area contributed by atoms with Gasteiger partial charge in [0.1, 0.15) is 0 Å². The zero-order valence-electron chi connectivity index (χ0n) is 15.6. The summed E-state index contributed by atoms with van der Waals surface area (Å²) >= 11 is 1.11. The van der Waals surface area contributed by atoms with Gasteiger partial charge in [-0.2, -0.15) is 10.2 Å². The molecule has 3 aromatic heterocycles. The van der Waals surface area contributed by atoms with Gasteiger partial charge in [-0.3, -0.25) is 19.8 Å². The lowest BCUT2D eigenvalue weighted by Crippen LogP contribution is -2.11. The highest BCUT2D eigenvalue weighted by atomic mass is 32.1. The monoisotopic (exact) mass is 386 g/mol. The predicted octanol–water partition coefficient (Wildman–Crippen LogP) is 3.95. The van der Waals surface area contributed by atoms with Crippen LogP contribution >= 0.6 is 11.3 Å². The van der Waals surface area contributed by atoms with Gasteiger partial charge in [-0.05, 0) is 24.0 Å². The standard InChI is InChI=1S/C18H22N6O2S/c1-9(2)11-7-15(23-21-11)19-17(25)13-5-6-14(27-13)18(26)20-16-8-12(10(3)4)22-24-16/h5-10H,1-4H3,(H2,19,21,23,25)(H2,20,22,24,26). The largest absolute Gasteiger partial charge is 0.304 e. The van der Waals surface area contributed by atoms with Crippen LogP contribution in [0.1, 0.15) is 70.3 Å². The van der Waals surface area contributed by atoms with Crippen LogP contribution in [0.2, 0.25) is 0 Å². The lowest BCUT2D eigenvalue weighted by Gasteiger charge is -2.00. The van der Waals surface area contributed by atoms with Crippen LogP contribution in [0.4, 0.5) is 11.6 Å². The average Bonchev–Trinajstić information content (AvgIpc) is 3.35. The van der Waals surface area contributed by atoms with Gasteiger partial charge in [-0.1, -0.05) is 27.7 Å². The van der Waals surface area contributed by atoms with E-state index in [1.807, 2.05) is 27.7 Å². The molecule has 0 aliphatic heterocycles. The Morgan fingerprint density at radius 1 is 0.852 bits per heavy atom. The first-order valence-electron chi connectivity index (χ1n) is 8.66. The quantitative estimate of drug-likeness (QED) is 0.513. The first kappa shape index (κ1) is 18.8. The van der Waals surface area contributed by atoms with Gasteiger partial charge in [0.15, 0.2) is 11.6 Å². The lowest BCUT2D eigenvalue weighted by atomic mass is 10.1.